The van der Waals surface area contributed by atoms with Gasteiger partial charge < -0.3 is 10.6 Å². The second kappa shape index (κ2) is 5.30. The summed E-state index contributed by atoms with van der Waals surface area (Å²) in [5.74, 6) is 0. The fraction of sp³-hybridized carbons (Fsp3) is 0.750. The van der Waals surface area contributed by atoms with Gasteiger partial charge in [0.1, 0.15) is 0 Å². The van der Waals surface area contributed by atoms with Gasteiger partial charge in [-0.2, -0.15) is 0 Å². The molecular weight excluding hydrogens is 124 g/mol. The van der Waals surface area contributed by atoms with Crippen LogP contribution in [0.25, 0.3) is 0 Å². The Balaban J connectivity index is 3.36. The van der Waals surface area contributed by atoms with Crippen molar-refractivity contribution in [3.05, 3.63) is 12.3 Å². The van der Waals surface area contributed by atoms with E-state index in [0.29, 0.717) is 12.1 Å². The summed E-state index contributed by atoms with van der Waals surface area (Å²) in [6, 6.07) is 0.978. The molecule has 0 fully saturated rings. The summed E-state index contributed by atoms with van der Waals surface area (Å²) >= 11 is 0. The van der Waals surface area contributed by atoms with Crippen molar-refractivity contribution in [3.63, 3.8) is 0 Å². The number of likely N-dealkylation sites (N-methyl/N-ethyl adjacent to an activating group) is 1. The fourth-order valence-corrected chi connectivity index (χ4v) is 0.489. The molecule has 0 saturated heterocycles. The van der Waals surface area contributed by atoms with Crippen LogP contribution in [0.1, 0.15) is 20.8 Å². The van der Waals surface area contributed by atoms with E-state index in [0.717, 1.165) is 0 Å². The molecule has 10 heavy (non-hydrogen) atoms. The van der Waals surface area contributed by atoms with E-state index >= 15 is 0 Å². The van der Waals surface area contributed by atoms with Crippen LogP contribution < -0.4 is 10.6 Å². The maximum absolute atomic E-state index is 3.19. The molecule has 0 spiro atoms. The monoisotopic (exact) mass is 142 g/mol. The third kappa shape index (κ3) is 5.63. The molecular formula is C8H18N2. The standard InChI is InChI=1S/C8H18N2/c1-7(2)10-6-5-8(3)9-4/h5-10H,1-4H3/b6-5-. The molecule has 0 rings (SSSR count). The molecule has 0 amide bonds. The summed E-state index contributed by atoms with van der Waals surface area (Å²) in [5, 5.41) is 6.30. The van der Waals surface area contributed by atoms with Gasteiger partial charge >= 0.3 is 0 Å². The van der Waals surface area contributed by atoms with Crippen LogP contribution in [0.5, 0.6) is 0 Å². The summed E-state index contributed by atoms with van der Waals surface area (Å²) in [6.07, 6.45) is 4.09. The van der Waals surface area contributed by atoms with Gasteiger partial charge in [-0.15, -0.1) is 0 Å². The lowest BCUT2D eigenvalue weighted by molar-refractivity contribution is 0.682. The lowest BCUT2D eigenvalue weighted by Gasteiger charge is -2.05. The fourth-order valence-electron chi connectivity index (χ4n) is 0.489. The Labute approximate surface area is 63.7 Å². The average Bonchev–Trinajstić information content (AvgIpc) is 1.87. The Hall–Kier alpha value is -0.500. The van der Waals surface area contributed by atoms with Crippen LogP contribution in [0, 0.1) is 0 Å². The van der Waals surface area contributed by atoms with E-state index in [2.05, 4.69) is 37.5 Å². The van der Waals surface area contributed by atoms with E-state index in [1.807, 2.05) is 13.2 Å². The quantitative estimate of drug-likeness (QED) is 0.614. The molecule has 0 aromatic carbocycles. The molecule has 1 atom stereocenters. The maximum atomic E-state index is 3.19. The summed E-state index contributed by atoms with van der Waals surface area (Å²) in [4.78, 5) is 0. The number of hydrogen-bond donors (Lipinski definition) is 2. The smallest absolute Gasteiger partial charge is 0.0235 e. The zero-order chi connectivity index (χ0) is 7.98. The molecule has 0 aliphatic rings. The zero-order valence-corrected chi connectivity index (χ0v) is 7.31. The van der Waals surface area contributed by atoms with Crippen molar-refractivity contribution in [3.8, 4) is 0 Å². The van der Waals surface area contributed by atoms with Gasteiger partial charge in [0.15, 0.2) is 0 Å². The topological polar surface area (TPSA) is 24.1 Å². The maximum Gasteiger partial charge on any atom is 0.0235 e. The Kier molecular flexibility index (Phi) is 5.03. The van der Waals surface area contributed by atoms with Gasteiger partial charge in [0.05, 0.1) is 0 Å². The predicted molar refractivity (Wildman–Crippen MR) is 45.9 cm³/mol. The molecule has 1 unspecified atom stereocenters. The van der Waals surface area contributed by atoms with Crippen LogP contribution in [0.15, 0.2) is 12.3 Å². The molecule has 0 aromatic heterocycles. The molecule has 0 saturated carbocycles. The van der Waals surface area contributed by atoms with Crippen LogP contribution in [-0.4, -0.2) is 19.1 Å². The van der Waals surface area contributed by atoms with Crippen molar-refractivity contribution in [1.29, 1.82) is 0 Å². The van der Waals surface area contributed by atoms with E-state index in [1.54, 1.807) is 0 Å². The first-order valence-corrected chi connectivity index (χ1v) is 3.76. The van der Waals surface area contributed by atoms with Crippen LogP contribution in [0.3, 0.4) is 0 Å². The Morgan fingerprint density at radius 1 is 1.20 bits per heavy atom. The van der Waals surface area contributed by atoms with Crippen molar-refractivity contribution in [2.75, 3.05) is 7.05 Å². The minimum Gasteiger partial charge on any atom is -0.389 e. The van der Waals surface area contributed by atoms with E-state index in [9.17, 15) is 0 Å². The molecule has 0 aliphatic heterocycles. The van der Waals surface area contributed by atoms with Crippen molar-refractivity contribution in [2.45, 2.75) is 32.9 Å². The molecule has 2 N–H and O–H groups in total. The molecule has 0 aliphatic carbocycles. The first kappa shape index (κ1) is 9.50. The second-order valence-corrected chi connectivity index (χ2v) is 2.76. The SMILES string of the molecule is CNC(C)/C=C\NC(C)C. The first-order chi connectivity index (χ1) is 4.66. The number of hydrogen-bond acceptors (Lipinski definition) is 2. The second-order valence-electron chi connectivity index (χ2n) is 2.76. The summed E-state index contributed by atoms with van der Waals surface area (Å²) in [7, 11) is 1.95. The minimum absolute atomic E-state index is 0.450. The van der Waals surface area contributed by atoms with Gasteiger partial charge in [0.2, 0.25) is 0 Å². The highest BCUT2D eigenvalue weighted by atomic mass is 14.9. The molecule has 0 heterocycles. The normalized spacial score (nSPS) is 14.5. The zero-order valence-electron chi connectivity index (χ0n) is 7.31. The molecule has 2 heteroatoms. The van der Waals surface area contributed by atoms with Crippen LogP contribution in [0.2, 0.25) is 0 Å². The predicted octanol–water partition coefficient (Wildman–Crippen LogP) is 1.11. The molecule has 0 radical (unpaired) electrons. The minimum atomic E-state index is 0.450. The number of rotatable bonds is 4. The van der Waals surface area contributed by atoms with E-state index in [4.69, 9.17) is 0 Å². The Morgan fingerprint density at radius 3 is 2.20 bits per heavy atom. The first-order valence-electron chi connectivity index (χ1n) is 3.76. The van der Waals surface area contributed by atoms with Gasteiger partial charge in [-0.05, 0) is 34.0 Å². The third-order valence-corrected chi connectivity index (χ3v) is 1.27. The van der Waals surface area contributed by atoms with Crippen molar-refractivity contribution in [2.24, 2.45) is 0 Å². The largest absolute Gasteiger partial charge is 0.389 e. The van der Waals surface area contributed by atoms with Crippen LogP contribution in [0.4, 0.5) is 0 Å². The highest BCUT2D eigenvalue weighted by Crippen LogP contribution is 1.82. The summed E-state index contributed by atoms with van der Waals surface area (Å²) in [5.41, 5.74) is 0. The van der Waals surface area contributed by atoms with Crippen molar-refractivity contribution >= 4 is 0 Å². The molecule has 2 nitrogen and oxygen atoms in total. The lowest BCUT2D eigenvalue weighted by atomic mass is 10.3. The molecule has 60 valence electrons. The van der Waals surface area contributed by atoms with Crippen molar-refractivity contribution < 1.29 is 0 Å². The lowest BCUT2D eigenvalue weighted by Crippen LogP contribution is -2.21. The van der Waals surface area contributed by atoms with Gasteiger partial charge in [-0.3, -0.25) is 0 Å². The van der Waals surface area contributed by atoms with Crippen molar-refractivity contribution in [1.82, 2.24) is 10.6 Å². The Bertz CT molecular complexity index is 97.4. The highest BCUT2D eigenvalue weighted by molar-refractivity contribution is 4.88. The van der Waals surface area contributed by atoms with Crippen LogP contribution in [-0.2, 0) is 0 Å². The van der Waals surface area contributed by atoms with E-state index in [1.165, 1.54) is 0 Å². The summed E-state index contributed by atoms with van der Waals surface area (Å²) in [6.45, 7) is 6.35. The van der Waals surface area contributed by atoms with E-state index < -0.39 is 0 Å². The summed E-state index contributed by atoms with van der Waals surface area (Å²) < 4.78 is 0. The Morgan fingerprint density at radius 2 is 1.80 bits per heavy atom. The van der Waals surface area contributed by atoms with E-state index in [-0.39, 0.29) is 0 Å². The third-order valence-electron chi connectivity index (χ3n) is 1.27. The van der Waals surface area contributed by atoms with Gasteiger partial charge in [-0.1, -0.05) is 6.08 Å². The molecule has 0 bridgehead atoms. The van der Waals surface area contributed by atoms with Gasteiger partial charge in [-0.25, -0.2) is 0 Å². The average molecular weight is 142 g/mol. The molecule has 0 aromatic rings. The van der Waals surface area contributed by atoms with Gasteiger partial charge in [0, 0.05) is 12.1 Å². The van der Waals surface area contributed by atoms with Gasteiger partial charge in [0.25, 0.3) is 0 Å². The number of nitrogens with one attached hydrogen (secondary N) is 2. The van der Waals surface area contributed by atoms with Crippen LogP contribution >= 0.6 is 0 Å². The highest BCUT2D eigenvalue weighted by Gasteiger charge is 1.88.